The number of hydrogen-bond acceptors (Lipinski definition) is 4. The molecule has 0 fully saturated rings. The topological polar surface area (TPSA) is 75.3 Å². The Labute approximate surface area is 146 Å². The lowest BCUT2D eigenvalue weighted by molar-refractivity contribution is -0.117. The minimum atomic E-state index is -1.31. The molecule has 0 bridgehead atoms. The van der Waals surface area contributed by atoms with E-state index >= 15 is 0 Å². The van der Waals surface area contributed by atoms with Crippen molar-refractivity contribution in [2.75, 3.05) is 7.05 Å². The zero-order chi connectivity index (χ0) is 18.8. The van der Waals surface area contributed by atoms with E-state index in [0.717, 1.165) is 0 Å². The third-order valence-corrected chi connectivity index (χ3v) is 3.91. The molecule has 0 aliphatic rings. The molecule has 1 unspecified atom stereocenters. The number of aldehydes is 1. The zero-order valence-electron chi connectivity index (χ0n) is 15.0. The number of carbonyl (C=O) groups excluding carboxylic acids is 2. The van der Waals surface area contributed by atoms with Crippen molar-refractivity contribution in [3.8, 4) is 11.3 Å². The minimum Gasteiger partial charge on any atom is -0.444 e. The Morgan fingerprint density at radius 3 is 2.36 bits per heavy atom. The molecule has 1 heterocycles. The molecule has 134 valence electrons. The molecule has 1 atom stereocenters. The van der Waals surface area contributed by atoms with Gasteiger partial charge in [0.05, 0.1) is 11.9 Å². The summed E-state index contributed by atoms with van der Waals surface area (Å²) in [6.07, 6.45) is 1.51. The number of nitrogens with zero attached hydrogens (tertiary/aromatic N) is 2. The number of carbonyl (C=O) groups is 2. The van der Waals surface area contributed by atoms with Crippen LogP contribution in [0.4, 0.5) is 9.18 Å². The molecule has 0 radical (unpaired) electrons. The van der Waals surface area contributed by atoms with Gasteiger partial charge in [-0.1, -0.05) is 0 Å². The fourth-order valence-corrected chi connectivity index (χ4v) is 2.35. The summed E-state index contributed by atoms with van der Waals surface area (Å²) in [5, 5.41) is 6.81. The highest BCUT2D eigenvalue weighted by atomic mass is 19.1. The molecule has 1 aromatic carbocycles. The van der Waals surface area contributed by atoms with Crippen LogP contribution in [0.15, 0.2) is 30.5 Å². The monoisotopic (exact) mass is 347 g/mol. The second-order valence-corrected chi connectivity index (χ2v) is 6.97. The van der Waals surface area contributed by atoms with Gasteiger partial charge in [0.15, 0.2) is 0 Å². The SMILES string of the molecule is CN(C(=O)OC(C)(C)C)C(C)(C=O)c1cn[nH]c1-c1ccc(F)cc1. The van der Waals surface area contributed by atoms with Crippen LogP contribution in [0.1, 0.15) is 33.3 Å². The average Bonchev–Trinajstić information content (AvgIpc) is 3.02. The van der Waals surface area contributed by atoms with Crippen molar-refractivity contribution in [1.82, 2.24) is 15.1 Å². The van der Waals surface area contributed by atoms with Crippen LogP contribution in [-0.4, -0.2) is 40.1 Å². The quantitative estimate of drug-likeness (QED) is 0.859. The summed E-state index contributed by atoms with van der Waals surface area (Å²) in [5.74, 6) is -0.367. The van der Waals surface area contributed by atoms with Crippen molar-refractivity contribution in [1.29, 1.82) is 0 Å². The van der Waals surface area contributed by atoms with Crippen LogP contribution < -0.4 is 0 Å². The van der Waals surface area contributed by atoms with Crippen LogP contribution in [0.5, 0.6) is 0 Å². The highest BCUT2D eigenvalue weighted by Crippen LogP contribution is 2.33. The number of ether oxygens (including phenoxy) is 1. The van der Waals surface area contributed by atoms with E-state index in [2.05, 4.69) is 10.2 Å². The number of aromatic nitrogens is 2. The lowest BCUT2D eigenvalue weighted by Gasteiger charge is -2.35. The molecule has 2 aromatic rings. The predicted octanol–water partition coefficient (Wildman–Crippen LogP) is 3.50. The van der Waals surface area contributed by atoms with Crippen molar-refractivity contribution in [2.24, 2.45) is 0 Å². The first-order valence-corrected chi connectivity index (χ1v) is 7.81. The first-order valence-electron chi connectivity index (χ1n) is 7.81. The van der Waals surface area contributed by atoms with Crippen LogP contribution >= 0.6 is 0 Å². The van der Waals surface area contributed by atoms with Gasteiger partial charge in [0.25, 0.3) is 0 Å². The van der Waals surface area contributed by atoms with Crippen molar-refractivity contribution in [2.45, 2.75) is 38.8 Å². The van der Waals surface area contributed by atoms with Crippen LogP contribution in [0.25, 0.3) is 11.3 Å². The molecule has 0 spiro atoms. The maximum atomic E-state index is 13.2. The summed E-state index contributed by atoms with van der Waals surface area (Å²) in [6, 6.07) is 5.78. The Hall–Kier alpha value is -2.70. The molecular weight excluding hydrogens is 325 g/mol. The van der Waals surface area contributed by atoms with E-state index in [-0.39, 0.29) is 5.82 Å². The Morgan fingerprint density at radius 1 is 1.24 bits per heavy atom. The summed E-state index contributed by atoms with van der Waals surface area (Å²) in [6.45, 7) is 6.85. The summed E-state index contributed by atoms with van der Waals surface area (Å²) in [4.78, 5) is 25.6. The van der Waals surface area contributed by atoms with E-state index in [9.17, 15) is 14.0 Å². The van der Waals surface area contributed by atoms with Gasteiger partial charge in [-0.25, -0.2) is 9.18 Å². The maximum absolute atomic E-state index is 13.2. The van der Waals surface area contributed by atoms with Crippen molar-refractivity contribution >= 4 is 12.4 Å². The Kier molecular flexibility index (Phi) is 4.97. The highest BCUT2D eigenvalue weighted by molar-refractivity contribution is 5.81. The van der Waals surface area contributed by atoms with Gasteiger partial charge in [0.1, 0.15) is 23.2 Å². The number of aromatic amines is 1. The molecule has 0 saturated carbocycles. The fraction of sp³-hybridized carbons (Fsp3) is 0.389. The summed E-state index contributed by atoms with van der Waals surface area (Å²) < 4.78 is 18.5. The number of amides is 1. The lowest BCUT2D eigenvalue weighted by atomic mass is 9.90. The number of benzene rings is 1. The Bertz CT molecular complexity index is 765. The standard InChI is InChI=1S/C18H22FN3O3/c1-17(2,3)25-16(24)22(5)18(4,11-23)14-10-20-21-15(14)12-6-8-13(19)9-7-12/h6-11H,1-5H3,(H,20,21). The van der Waals surface area contributed by atoms with Crippen LogP contribution in [0.2, 0.25) is 0 Å². The number of halogens is 1. The third kappa shape index (κ3) is 3.87. The molecular formula is C18H22FN3O3. The molecule has 0 saturated heterocycles. The largest absolute Gasteiger partial charge is 0.444 e. The average molecular weight is 347 g/mol. The van der Waals surface area contributed by atoms with Crippen LogP contribution in [0, 0.1) is 5.82 Å². The van der Waals surface area contributed by atoms with Crippen molar-refractivity contribution < 1.29 is 18.7 Å². The molecule has 1 amide bonds. The fourth-order valence-electron chi connectivity index (χ4n) is 2.35. The number of likely N-dealkylation sites (N-methyl/N-ethyl adjacent to an activating group) is 1. The minimum absolute atomic E-state index is 0.367. The van der Waals surface area contributed by atoms with Crippen molar-refractivity contribution in [3.63, 3.8) is 0 Å². The molecule has 6 nitrogen and oxygen atoms in total. The van der Waals surface area contributed by atoms with Gasteiger partial charge >= 0.3 is 6.09 Å². The summed E-state index contributed by atoms with van der Waals surface area (Å²) in [7, 11) is 1.49. The number of H-pyrrole nitrogens is 1. The van der Waals surface area contributed by atoms with Gasteiger partial charge in [-0.05, 0) is 52.0 Å². The molecule has 0 aliphatic heterocycles. The van der Waals surface area contributed by atoms with Gasteiger partial charge in [-0.2, -0.15) is 5.10 Å². The first-order chi connectivity index (χ1) is 11.6. The molecule has 7 heteroatoms. The molecule has 2 rings (SSSR count). The van der Waals surface area contributed by atoms with E-state index in [1.54, 1.807) is 39.8 Å². The number of hydrogen-bond donors (Lipinski definition) is 1. The Morgan fingerprint density at radius 2 is 1.84 bits per heavy atom. The first kappa shape index (κ1) is 18.6. The highest BCUT2D eigenvalue weighted by Gasteiger charge is 2.39. The second-order valence-electron chi connectivity index (χ2n) is 6.97. The van der Waals surface area contributed by atoms with Crippen molar-refractivity contribution in [3.05, 3.63) is 41.8 Å². The third-order valence-electron chi connectivity index (χ3n) is 3.91. The van der Waals surface area contributed by atoms with E-state index in [1.807, 2.05) is 0 Å². The van der Waals surface area contributed by atoms with Crippen LogP contribution in [0.3, 0.4) is 0 Å². The lowest BCUT2D eigenvalue weighted by Crippen LogP contribution is -2.48. The number of nitrogens with one attached hydrogen (secondary N) is 1. The van der Waals surface area contributed by atoms with Gasteiger partial charge in [0.2, 0.25) is 0 Å². The van der Waals surface area contributed by atoms with E-state index < -0.39 is 17.2 Å². The van der Waals surface area contributed by atoms with Crippen LogP contribution in [-0.2, 0) is 15.1 Å². The smallest absolute Gasteiger partial charge is 0.411 e. The second kappa shape index (κ2) is 6.66. The van der Waals surface area contributed by atoms with E-state index in [1.165, 1.54) is 30.3 Å². The molecule has 25 heavy (non-hydrogen) atoms. The van der Waals surface area contributed by atoms with Gasteiger partial charge in [-0.3, -0.25) is 10.00 Å². The molecule has 1 aromatic heterocycles. The molecule has 0 aliphatic carbocycles. The normalized spacial score (nSPS) is 13.8. The number of rotatable bonds is 4. The predicted molar refractivity (Wildman–Crippen MR) is 91.4 cm³/mol. The zero-order valence-corrected chi connectivity index (χ0v) is 15.0. The van der Waals surface area contributed by atoms with Gasteiger partial charge in [0, 0.05) is 18.2 Å². The Balaban J connectivity index is 2.43. The van der Waals surface area contributed by atoms with E-state index in [0.29, 0.717) is 23.1 Å². The molecule has 1 N–H and O–H groups in total. The summed E-state index contributed by atoms with van der Waals surface area (Å²) >= 11 is 0. The maximum Gasteiger partial charge on any atom is 0.411 e. The van der Waals surface area contributed by atoms with E-state index in [4.69, 9.17) is 4.74 Å². The summed E-state index contributed by atoms with van der Waals surface area (Å²) in [5.41, 5.74) is -0.322. The van der Waals surface area contributed by atoms with Gasteiger partial charge in [-0.15, -0.1) is 0 Å². The van der Waals surface area contributed by atoms with Gasteiger partial charge < -0.3 is 9.53 Å².